The van der Waals surface area contributed by atoms with Crippen LogP contribution in [0.25, 0.3) is 0 Å². The van der Waals surface area contributed by atoms with Gasteiger partial charge in [0, 0.05) is 37.2 Å². The largest absolute Gasteiger partial charge is 0.355 e. The van der Waals surface area contributed by atoms with E-state index in [1.807, 2.05) is 11.0 Å². The molecule has 0 saturated carbocycles. The van der Waals surface area contributed by atoms with Gasteiger partial charge in [-0.25, -0.2) is 0 Å². The summed E-state index contributed by atoms with van der Waals surface area (Å²) in [6.45, 7) is 3.01. The van der Waals surface area contributed by atoms with E-state index in [2.05, 4.69) is 15.0 Å². The summed E-state index contributed by atoms with van der Waals surface area (Å²) in [5, 5.41) is 6.44. The minimum atomic E-state index is -3.59. The SMILES string of the molecule is O=C(NCC1CCCN1)C1CCN(C2=NS(=O)(=O)c3ccccc32)CC1. The van der Waals surface area contributed by atoms with Crippen LogP contribution >= 0.6 is 0 Å². The second-order valence-electron chi connectivity index (χ2n) is 7.19. The molecule has 2 N–H and O–H groups in total. The van der Waals surface area contributed by atoms with Crippen LogP contribution in [0.4, 0.5) is 0 Å². The highest BCUT2D eigenvalue weighted by Gasteiger charge is 2.34. The summed E-state index contributed by atoms with van der Waals surface area (Å²) in [6.07, 6.45) is 3.72. The average Bonchev–Trinajstić information content (AvgIpc) is 3.26. The molecule has 4 rings (SSSR count). The quantitative estimate of drug-likeness (QED) is 0.811. The first-order valence-corrected chi connectivity index (χ1v) is 10.7. The maximum Gasteiger partial charge on any atom is 0.285 e. The minimum Gasteiger partial charge on any atom is -0.355 e. The fourth-order valence-corrected chi connectivity index (χ4v) is 5.20. The number of amides is 1. The number of hydrogen-bond donors (Lipinski definition) is 2. The number of piperidine rings is 1. The number of sulfonamides is 1. The second-order valence-corrected chi connectivity index (χ2v) is 8.76. The Labute approximate surface area is 153 Å². The van der Waals surface area contributed by atoms with Crippen molar-refractivity contribution >= 4 is 21.8 Å². The van der Waals surface area contributed by atoms with Crippen LogP contribution in [0.2, 0.25) is 0 Å². The van der Waals surface area contributed by atoms with E-state index in [9.17, 15) is 13.2 Å². The fraction of sp³-hybridized carbons (Fsp3) is 0.556. The summed E-state index contributed by atoms with van der Waals surface area (Å²) in [5.41, 5.74) is 0.669. The molecule has 7 nitrogen and oxygen atoms in total. The highest BCUT2D eigenvalue weighted by atomic mass is 32.2. The van der Waals surface area contributed by atoms with Crippen LogP contribution < -0.4 is 10.6 Å². The molecular weight excluding hydrogens is 352 g/mol. The Hall–Kier alpha value is -1.93. The van der Waals surface area contributed by atoms with Gasteiger partial charge in [-0.3, -0.25) is 4.79 Å². The normalized spacial score (nSPS) is 25.0. The zero-order valence-electron chi connectivity index (χ0n) is 14.6. The topological polar surface area (TPSA) is 90.9 Å². The number of benzene rings is 1. The second kappa shape index (κ2) is 7.00. The molecule has 0 radical (unpaired) electrons. The Balaban J connectivity index is 1.36. The van der Waals surface area contributed by atoms with Crippen molar-refractivity contribution < 1.29 is 13.2 Å². The molecule has 2 fully saturated rings. The molecule has 1 atom stereocenters. The lowest BCUT2D eigenvalue weighted by atomic mass is 9.95. The molecule has 0 aliphatic carbocycles. The zero-order valence-corrected chi connectivity index (χ0v) is 15.5. The maximum absolute atomic E-state index is 12.4. The molecule has 0 bridgehead atoms. The van der Waals surface area contributed by atoms with Crippen LogP contribution in [-0.2, 0) is 14.8 Å². The fourth-order valence-electron chi connectivity index (χ4n) is 3.97. The van der Waals surface area contributed by atoms with Crippen molar-refractivity contribution in [3.05, 3.63) is 29.8 Å². The minimum absolute atomic E-state index is 0.0125. The predicted molar refractivity (Wildman–Crippen MR) is 98.5 cm³/mol. The van der Waals surface area contributed by atoms with E-state index in [4.69, 9.17) is 0 Å². The number of hydrogen-bond acceptors (Lipinski definition) is 5. The van der Waals surface area contributed by atoms with Crippen molar-refractivity contribution in [2.45, 2.75) is 36.6 Å². The van der Waals surface area contributed by atoms with Gasteiger partial charge in [0.1, 0.15) is 4.90 Å². The van der Waals surface area contributed by atoms with Gasteiger partial charge in [-0.1, -0.05) is 12.1 Å². The van der Waals surface area contributed by atoms with E-state index in [0.717, 1.165) is 13.0 Å². The van der Waals surface area contributed by atoms with Gasteiger partial charge in [0.15, 0.2) is 5.84 Å². The molecule has 1 unspecified atom stereocenters. The number of carbonyl (C=O) groups excluding carboxylic acids is 1. The summed E-state index contributed by atoms with van der Waals surface area (Å²) >= 11 is 0. The Bertz CT molecular complexity index is 823. The lowest BCUT2D eigenvalue weighted by Gasteiger charge is -2.32. The van der Waals surface area contributed by atoms with E-state index >= 15 is 0 Å². The smallest absolute Gasteiger partial charge is 0.285 e. The molecule has 0 aromatic heterocycles. The van der Waals surface area contributed by atoms with E-state index in [-0.39, 0.29) is 16.7 Å². The molecule has 1 aromatic carbocycles. The van der Waals surface area contributed by atoms with E-state index in [1.165, 1.54) is 6.42 Å². The summed E-state index contributed by atoms with van der Waals surface area (Å²) < 4.78 is 28.4. The summed E-state index contributed by atoms with van der Waals surface area (Å²) in [6, 6.07) is 7.33. The van der Waals surface area contributed by atoms with Crippen LogP contribution in [-0.4, -0.2) is 57.3 Å². The highest BCUT2D eigenvalue weighted by molar-refractivity contribution is 7.90. The summed E-state index contributed by atoms with van der Waals surface area (Å²) in [4.78, 5) is 14.7. The van der Waals surface area contributed by atoms with Gasteiger partial charge in [0.25, 0.3) is 10.0 Å². The molecule has 0 spiro atoms. The van der Waals surface area contributed by atoms with E-state index < -0.39 is 10.0 Å². The van der Waals surface area contributed by atoms with E-state index in [1.54, 1.807) is 18.2 Å². The molecule has 3 aliphatic rings. The van der Waals surface area contributed by atoms with Crippen LogP contribution in [0.15, 0.2) is 33.6 Å². The van der Waals surface area contributed by atoms with Crippen LogP contribution in [0.1, 0.15) is 31.2 Å². The van der Waals surface area contributed by atoms with E-state index in [0.29, 0.717) is 49.9 Å². The van der Waals surface area contributed by atoms with Gasteiger partial charge in [-0.15, -0.1) is 4.40 Å². The number of likely N-dealkylation sites (tertiary alicyclic amines) is 1. The third-order valence-corrected chi connectivity index (χ3v) is 6.79. The van der Waals surface area contributed by atoms with Crippen molar-refractivity contribution in [2.75, 3.05) is 26.2 Å². The average molecular weight is 376 g/mol. The van der Waals surface area contributed by atoms with Crippen LogP contribution in [0.3, 0.4) is 0 Å². The number of carbonyl (C=O) groups is 1. The third-order valence-electron chi connectivity index (χ3n) is 5.46. The number of amidine groups is 1. The van der Waals surface area contributed by atoms with Crippen molar-refractivity contribution in [3.8, 4) is 0 Å². The van der Waals surface area contributed by atoms with Crippen molar-refractivity contribution in [1.29, 1.82) is 0 Å². The number of nitrogens with one attached hydrogen (secondary N) is 2. The molecule has 140 valence electrons. The number of rotatable bonds is 3. The Morgan fingerprint density at radius 2 is 2.00 bits per heavy atom. The van der Waals surface area contributed by atoms with Gasteiger partial charge in [0.2, 0.25) is 5.91 Å². The molecule has 2 saturated heterocycles. The first-order valence-electron chi connectivity index (χ1n) is 9.25. The van der Waals surface area contributed by atoms with Crippen molar-refractivity contribution in [2.24, 2.45) is 10.3 Å². The molecule has 26 heavy (non-hydrogen) atoms. The molecule has 3 aliphatic heterocycles. The highest BCUT2D eigenvalue weighted by Crippen LogP contribution is 2.29. The van der Waals surface area contributed by atoms with Gasteiger partial charge in [-0.2, -0.15) is 8.42 Å². The molecule has 1 aromatic rings. The van der Waals surface area contributed by atoms with Gasteiger partial charge >= 0.3 is 0 Å². The van der Waals surface area contributed by atoms with Gasteiger partial charge in [-0.05, 0) is 44.4 Å². The van der Waals surface area contributed by atoms with Gasteiger partial charge in [0.05, 0.1) is 0 Å². The summed E-state index contributed by atoms with van der Waals surface area (Å²) in [7, 11) is -3.59. The Morgan fingerprint density at radius 1 is 1.23 bits per heavy atom. The zero-order chi connectivity index (χ0) is 18.1. The first-order chi connectivity index (χ1) is 12.5. The Kier molecular flexibility index (Phi) is 4.71. The van der Waals surface area contributed by atoms with Crippen LogP contribution in [0.5, 0.6) is 0 Å². The predicted octanol–water partition coefficient (Wildman–Crippen LogP) is 0.716. The molecule has 3 heterocycles. The molecule has 8 heteroatoms. The standard InChI is InChI=1S/C18H24N4O3S/c23-18(20-12-14-4-3-9-19-14)13-7-10-22(11-8-13)17-15-5-1-2-6-16(15)26(24,25)21-17/h1-2,5-6,13-14,19H,3-4,7-12H2,(H,20,23). The summed E-state index contributed by atoms with van der Waals surface area (Å²) in [5.74, 6) is 0.621. The van der Waals surface area contributed by atoms with Crippen LogP contribution in [0, 0.1) is 5.92 Å². The maximum atomic E-state index is 12.4. The molecule has 1 amide bonds. The van der Waals surface area contributed by atoms with Crippen molar-refractivity contribution in [1.82, 2.24) is 15.5 Å². The third kappa shape index (κ3) is 3.35. The lowest BCUT2D eigenvalue weighted by molar-refractivity contribution is -0.126. The number of nitrogens with zero attached hydrogens (tertiary/aromatic N) is 2. The molecular formula is C18H24N4O3S. The Morgan fingerprint density at radius 3 is 2.73 bits per heavy atom. The lowest BCUT2D eigenvalue weighted by Crippen LogP contribution is -2.45. The van der Waals surface area contributed by atoms with Gasteiger partial charge < -0.3 is 15.5 Å². The number of fused-ring (bicyclic) bond motifs is 1. The monoisotopic (exact) mass is 376 g/mol. The first kappa shape index (κ1) is 17.5. The van der Waals surface area contributed by atoms with Crippen molar-refractivity contribution in [3.63, 3.8) is 0 Å².